The largest absolute Gasteiger partial charge is 0.437 e. The topological polar surface area (TPSA) is 120 Å². The Balaban J connectivity index is 1.43. The van der Waals surface area contributed by atoms with Gasteiger partial charge in [0.25, 0.3) is 0 Å². The number of carbonyl (C=O) groups is 1. The molecule has 1 saturated heterocycles. The number of fused-ring (bicyclic) bond motifs is 2. The number of nitrogens with one attached hydrogen (secondary N) is 1. The molecule has 3 aromatic rings. The number of amides is 1. The van der Waals surface area contributed by atoms with Crippen LogP contribution in [0.4, 0.5) is 9.18 Å². The van der Waals surface area contributed by atoms with Gasteiger partial charge in [-0.3, -0.25) is 4.90 Å². The van der Waals surface area contributed by atoms with Crippen LogP contribution < -0.4 is 14.2 Å². The van der Waals surface area contributed by atoms with Gasteiger partial charge in [0.2, 0.25) is 15.9 Å². The van der Waals surface area contributed by atoms with Gasteiger partial charge in [0.05, 0.1) is 25.5 Å². The lowest BCUT2D eigenvalue weighted by Crippen LogP contribution is -2.63. The summed E-state index contributed by atoms with van der Waals surface area (Å²) < 4.78 is 58.0. The Kier molecular flexibility index (Phi) is 6.29. The van der Waals surface area contributed by atoms with E-state index < -0.39 is 33.2 Å². The van der Waals surface area contributed by atoms with Crippen LogP contribution in [0.3, 0.4) is 0 Å². The summed E-state index contributed by atoms with van der Waals surface area (Å²) >= 11 is 5.75. The van der Waals surface area contributed by atoms with Gasteiger partial charge in [0, 0.05) is 28.8 Å². The predicted molar refractivity (Wildman–Crippen MR) is 126 cm³/mol. The van der Waals surface area contributed by atoms with Crippen molar-refractivity contribution in [3.63, 3.8) is 0 Å². The lowest BCUT2D eigenvalue weighted by Gasteiger charge is -2.51. The zero-order valence-corrected chi connectivity index (χ0v) is 20.5. The average Bonchev–Trinajstić information content (AvgIpc) is 2.82. The Hall–Kier alpha value is -3.32. The quantitative estimate of drug-likeness (QED) is 0.490. The van der Waals surface area contributed by atoms with E-state index in [4.69, 9.17) is 25.8 Å². The van der Waals surface area contributed by atoms with Gasteiger partial charge in [-0.25, -0.2) is 22.3 Å². The van der Waals surface area contributed by atoms with Gasteiger partial charge >= 0.3 is 6.09 Å². The molecule has 0 radical (unpaired) electrons. The molecule has 1 amide bonds. The van der Waals surface area contributed by atoms with Crippen molar-refractivity contribution in [3.8, 4) is 17.4 Å². The van der Waals surface area contributed by atoms with Crippen LogP contribution in [0.1, 0.15) is 16.7 Å². The van der Waals surface area contributed by atoms with E-state index in [1.165, 1.54) is 30.1 Å². The maximum Gasteiger partial charge on any atom is 0.416 e. The fourth-order valence-corrected chi connectivity index (χ4v) is 5.00. The van der Waals surface area contributed by atoms with Gasteiger partial charge in [0.1, 0.15) is 22.9 Å². The standard InChI is InChI=1S/C23H20ClFN4O6S/c1-26-36(31,32)11-15-4-2-3-14(21(15)25)10-29-22(30)35-18-9-16(34-20-8-7-19(24)27-28-20)5-6-17(18)23(29)12-33-13-23/h2-9,26H,10-13H2,1H3. The molecule has 0 saturated carbocycles. The fourth-order valence-electron chi connectivity index (χ4n) is 4.12. The maximum absolute atomic E-state index is 15.2. The van der Waals surface area contributed by atoms with Crippen molar-refractivity contribution < 1.29 is 31.8 Å². The first kappa shape index (κ1) is 24.4. The third-order valence-corrected chi connectivity index (χ3v) is 7.56. The highest BCUT2D eigenvalue weighted by Gasteiger charge is 2.53. The zero-order chi connectivity index (χ0) is 25.5. The number of hydrogen-bond acceptors (Lipinski definition) is 8. The molecule has 1 spiro atoms. The summed E-state index contributed by atoms with van der Waals surface area (Å²) in [6.07, 6.45) is -0.693. The molecule has 2 aliphatic heterocycles. The van der Waals surface area contributed by atoms with Crippen LogP contribution in [0.25, 0.3) is 0 Å². The number of benzene rings is 2. The average molecular weight is 535 g/mol. The Morgan fingerprint density at radius 2 is 1.94 bits per heavy atom. The van der Waals surface area contributed by atoms with Gasteiger partial charge in [0.15, 0.2) is 5.15 Å². The van der Waals surface area contributed by atoms with Gasteiger partial charge < -0.3 is 14.2 Å². The summed E-state index contributed by atoms with van der Waals surface area (Å²) in [5, 5.41) is 7.78. The molecule has 10 nitrogen and oxygen atoms in total. The number of nitrogens with zero attached hydrogens (tertiary/aromatic N) is 3. The number of ether oxygens (including phenoxy) is 3. The molecule has 1 fully saturated rings. The minimum atomic E-state index is -3.68. The summed E-state index contributed by atoms with van der Waals surface area (Å²) in [4.78, 5) is 14.5. The highest BCUT2D eigenvalue weighted by Crippen LogP contribution is 2.47. The maximum atomic E-state index is 15.2. The van der Waals surface area contributed by atoms with E-state index in [1.54, 1.807) is 30.3 Å². The van der Waals surface area contributed by atoms with E-state index in [2.05, 4.69) is 14.9 Å². The minimum Gasteiger partial charge on any atom is -0.437 e. The molecule has 0 aliphatic carbocycles. The van der Waals surface area contributed by atoms with Crippen molar-refractivity contribution in [2.45, 2.75) is 17.8 Å². The van der Waals surface area contributed by atoms with Crippen molar-refractivity contribution in [1.82, 2.24) is 19.8 Å². The summed E-state index contributed by atoms with van der Waals surface area (Å²) in [5.41, 5.74) is -0.0365. The summed E-state index contributed by atoms with van der Waals surface area (Å²) in [6.45, 7) is 0.236. The molecule has 0 unspecified atom stereocenters. The molecule has 5 rings (SSSR count). The van der Waals surface area contributed by atoms with Crippen LogP contribution in [-0.4, -0.2) is 49.9 Å². The molecular formula is C23H20ClFN4O6S. The van der Waals surface area contributed by atoms with E-state index in [9.17, 15) is 13.2 Å². The molecule has 1 aromatic heterocycles. The van der Waals surface area contributed by atoms with Crippen molar-refractivity contribution >= 4 is 27.7 Å². The second kappa shape index (κ2) is 9.28. The molecule has 0 atom stereocenters. The van der Waals surface area contributed by atoms with Gasteiger partial charge in [-0.05, 0) is 25.2 Å². The second-order valence-corrected chi connectivity index (χ2v) is 10.6. The van der Waals surface area contributed by atoms with Crippen LogP contribution in [0.5, 0.6) is 17.4 Å². The van der Waals surface area contributed by atoms with Gasteiger partial charge in [-0.15, -0.1) is 10.2 Å². The Morgan fingerprint density at radius 3 is 2.61 bits per heavy atom. The Bertz CT molecular complexity index is 1430. The molecular weight excluding hydrogens is 515 g/mol. The third-order valence-electron chi connectivity index (χ3n) is 6.04. The first-order valence-corrected chi connectivity index (χ1v) is 12.8. The molecule has 188 valence electrons. The van der Waals surface area contributed by atoms with E-state index >= 15 is 4.39 Å². The van der Waals surface area contributed by atoms with Crippen LogP contribution in [-0.2, 0) is 32.6 Å². The number of rotatable bonds is 7. The lowest BCUT2D eigenvalue weighted by atomic mass is 9.84. The zero-order valence-electron chi connectivity index (χ0n) is 18.9. The molecule has 2 aromatic carbocycles. The summed E-state index contributed by atoms with van der Waals surface area (Å²) in [5.74, 6) is -0.357. The van der Waals surface area contributed by atoms with Crippen LogP contribution in [0, 0.1) is 5.82 Å². The van der Waals surface area contributed by atoms with E-state index in [-0.39, 0.29) is 47.7 Å². The molecule has 3 heterocycles. The summed E-state index contributed by atoms with van der Waals surface area (Å²) in [6, 6.07) is 12.5. The normalized spacial score (nSPS) is 16.3. The SMILES string of the molecule is CNS(=O)(=O)Cc1cccc(CN2C(=O)Oc3cc(Oc4ccc(Cl)nn4)ccc3C23COC3)c1F. The highest BCUT2D eigenvalue weighted by molar-refractivity contribution is 7.88. The predicted octanol–water partition coefficient (Wildman–Crippen LogP) is 3.35. The lowest BCUT2D eigenvalue weighted by molar-refractivity contribution is -0.143. The van der Waals surface area contributed by atoms with Crippen molar-refractivity contribution in [2.75, 3.05) is 20.3 Å². The first-order valence-electron chi connectivity index (χ1n) is 10.8. The Labute approximate surface area is 211 Å². The second-order valence-electron chi connectivity index (χ2n) is 8.29. The van der Waals surface area contributed by atoms with Crippen LogP contribution in [0.15, 0.2) is 48.5 Å². The monoisotopic (exact) mass is 534 g/mol. The smallest absolute Gasteiger partial charge is 0.416 e. The highest BCUT2D eigenvalue weighted by atomic mass is 35.5. The number of halogens is 2. The number of hydrogen-bond donors (Lipinski definition) is 1. The molecule has 0 bridgehead atoms. The van der Waals surface area contributed by atoms with Crippen LogP contribution in [0.2, 0.25) is 5.15 Å². The van der Waals surface area contributed by atoms with Crippen molar-refractivity contribution in [3.05, 3.63) is 76.2 Å². The fraction of sp³-hybridized carbons (Fsp3) is 0.261. The molecule has 36 heavy (non-hydrogen) atoms. The summed E-state index contributed by atoms with van der Waals surface area (Å²) in [7, 11) is -2.42. The van der Waals surface area contributed by atoms with Crippen molar-refractivity contribution in [1.29, 1.82) is 0 Å². The molecule has 1 N–H and O–H groups in total. The van der Waals surface area contributed by atoms with E-state index in [1.807, 2.05) is 0 Å². The van der Waals surface area contributed by atoms with Gasteiger partial charge in [-0.1, -0.05) is 29.8 Å². The minimum absolute atomic E-state index is 0.00127. The van der Waals surface area contributed by atoms with E-state index in [0.717, 1.165) is 0 Å². The van der Waals surface area contributed by atoms with Gasteiger partial charge in [-0.2, -0.15) is 0 Å². The first-order chi connectivity index (χ1) is 17.2. The Morgan fingerprint density at radius 1 is 1.17 bits per heavy atom. The molecule has 2 aliphatic rings. The van der Waals surface area contributed by atoms with E-state index in [0.29, 0.717) is 11.3 Å². The van der Waals surface area contributed by atoms with Crippen molar-refractivity contribution in [2.24, 2.45) is 0 Å². The number of sulfonamides is 1. The number of aromatic nitrogens is 2. The van der Waals surface area contributed by atoms with Crippen LogP contribution >= 0.6 is 11.6 Å². The number of carbonyl (C=O) groups excluding carboxylic acids is 1. The third kappa shape index (κ3) is 4.48. The molecule has 13 heteroatoms.